The van der Waals surface area contributed by atoms with Gasteiger partial charge in [-0.25, -0.2) is 0 Å². The van der Waals surface area contributed by atoms with Gasteiger partial charge in [-0.2, -0.15) is 0 Å². The molecule has 106 valence electrons. The molecule has 0 spiro atoms. The molecule has 0 aliphatic rings. The normalized spacial score (nSPS) is 13.6. The van der Waals surface area contributed by atoms with Crippen LogP contribution in [0.15, 0.2) is 48.5 Å². The largest absolute Gasteiger partial charge is 0.497 e. The van der Waals surface area contributed by atoms with E-state index in [2.05, 4.69) is 19.1 Å². The molecule has 0 heterocycles. The number of ether oxygens (including phenoxy) is 2. The van der Waals surface area contributed by atoms with Crippen LogP contribution in [0.2, 0.25) is 0 Å². The van der Waals surface area contributed by atoms with Crippen molar-refractivity contribution in [3.63, 3.8) is 0 Å². The predicted octanol–water partition coefficient (Wildman–Crippen LogP) is 3.47. The van der Waals surface area contributed by atoms with Gasteiger partial charge >= 0.3 is 0 Å². The van der Waals surface area contributed by atoms with Gasteiger partial charge < -0.3 is 15.2 Å². The van der Waals surface area contributed by atoms with Crippen LogP contribution >= 0.6 is 0 Å². The van der Waals surface area contributed by atoms with Gasteiger partial charge in [0.05, 0.1) is 7.11 Å². The van der Waals surface area contributed by atoms with Crippen molar-refractivity contribution in [3.8, 4) is 11.5 Å². The second kappa shape index (κ2) is 6.44. The fourth-order valence-electron chi connectivity index (χ4n) is 2.15. The highest BCUT2D eigenvalue weighted by atomic mass is 16.5. The van der Waals surface area contributed by atoms with Crippen molar-refractivity contribution in [2.45, 2.75) is 26.0 Å². The highest BCUT2D eigenvalue weighted by Crippen LogP contribution is 2.27. The van der Waals surface area contributed by atoms with Gasteiger partial charge in [-0.3, -0.25) is 0 Å². The molecule has 2 rings (SSSR count). The Hall–Kier alpha value is -2.00. The van der Waals surface area contributed by atoms with Crippen LogP contribution in [0.4, 0.5) is 0 Å². The first kappa shape index (κ1) is 14.4. The van der Waals surface area contributed by atoms with Gasteiger partial charge in [0.15, 0.2) is 0 Å². The Morgan fingerprint density at radius 2 is 1.70 bits per heavy atom. The summed E-state index contributed by atoms with van der Waals surface area (Å²) in [5, 5.41) is 0. The van der Waals surface area contributed by atoms with Crippen molar-refractivity contribution in [1.29, 1.82) is 0 Å². The Bertz CT molecular complexity index is 566. The second-order valence-corrected chi connectivity index (χ2v) is 4.99. The molecule has 0 saturated heterocycles. The third kappa shape index (κ3) is 3.52. The zero-order valence-electron chi connectivity index (χ0n) is 12.2. The lowest BCUT2D eigenvalue weighted by molar-refractivity contribution is 0.180. The van der Waals surface area contributed by atoms with E-state index in [-0.39, 0.29) is 12.1 Å². The van der Waals surface area contributed by atoms with E-state index in [0.29, 0.717) is 0 Å². The molecule has 2 N–H and O–H groups in total. The lowest BCUT2D eigenvalue weighted by Crippen LogP contribution is -2.29. The molecular weight excluding hydrogens is 250 g/mol. The van der Waals surface area contributed by atoms with Crippen LogP contribution < -0.4 is 15.2 Å². The maximum atomic E-state index is 6.08. The average Bonchev–Trinajstić information content (AvgIpc) is 2.44. The van der Waals surface area contributed by atoms with Crippen LogP contribution in [0.3, 0.4) is 0 Å². The molecule has 2 atom stereocenters. The van der Waals surface area contributed by atoms with E-state index in [1.165, 1.54) is 5.56 Å². The van der Waals surface area contributed by atoms with Crippen molar-refractivity contribution in [2.75, 3.05) is 7.11 Å². The van der Waals surface area contributed by atoms with Crippen molar-refractivity contribution < 1.29 is 9.47 Å². The van der Waals surface area contributed by atoms with Gasteiger partial charge in [0, 0.05) is 12.1 Å². The van der Waals surface area contributed by atoms with Crippen molar-refractivity contribution >= 4 is 0 Å². The summed E-state index contributed by atoms with van der Waals surface area (Å²) in [6.45, 7) is 4.01. The zero-order valence-corrected chi connectivity index (χ0v) is 12.2. The van der Waals surface area contributed by atoms with Gasteiger partial charge in [-0.1, -0.05) is 35.9 Å². The smallest absolute Gasteiger partial charge is 0.138 e. The summed E-state index contributed by atoms with van der Waals surface area (Å²) >= 11 is 0. The van der Waals surface area contributed by atoms with Crippen LogP contribution in [0.25, 0.3) is 0 Å². The van der Waals surface area contributed by atoms with Gasteiger partial charge in [-0.15, -0.1) is 0 Å². The molecule has 2 unspecified atom stereocenters. The molecule has 0 amide bonds. The van der Waals surface area contributed by atoms with Crippen LogP contribution in [-0.4, -0.2) is 13.2 Å². The summed E-state index contributed by atoms with van der Waals surface area (Å²) < 4.78 is 11.3. The Kier molecular flexibility index (Phi) is 4.64. The second-order valence-electron chi connectivity index (χ2n) is 4.99. The quantitative estimate of drug-likeness (QED) is 0.905. The molecule has 0 aliphatic heterocycles. The first-order valence-electron chi connectivity index (χ1n) is 6.73. The van der Waals surface area contributed by atoms with Gasteiger partial charge in [0.1, 0.15) is 17.6 Å². The lowest BCUT2D eigenvalue weighted by atomic mass is 10.0. The van der Waals surface area contributed by atoms with Gasteiger partial charge in [0.2, 0.25) is 0 Å². The first-order valence-corrected chi connectivity index (χ1v) is 6.73. The Labute approximate surface area is 120 Å². The van der Waals surface area contributed by atoms with E-state index >= 15 is 0 Å². The summed E-state index contributed by atoms with van der Waals surface area (Å²) in [6.07, 6.45) is -0.179. The minimum Gasteiger partial charge on any atom is -0.497 e. The summed E-state index contributed by atoms with van der Waals surface area (Å²) in [4.78, 5) is 0. The molecule has 20 heavy (non-hydrogen) atoms. The average molecular weight is 271 g/mol. The highest BCUT2D eigenvalue weighted by Gasteiger charge is 2.18. The van der Waals surface area contributed by atoms with Crippen LogP contribution in [-0.2, 0) is 0 Å². The Morgan fingerprint density at radius 1 is 1.00 bits per heavy atom. The molecule has 0 radical (unpaired) electrons. The first-order chi connectivity index (χ1) is 9.60. The Balaban J connectivity index is 2.25. The summed E-state index contributed by atoms with van der Waals surface area (Å²) in [5.74, 6) is 1.53. The number of hydrogen-bond donors (Lipinski definition) is 1. The number of benzene rings is 2. The van der Waals surface area contributed by atoms with Gasteiger partial charge in [-0.05, 0) is 31.5 Å². The molecule has 0 aromatic heterocycles. The summed E-state index contributed by atoms with van der Waals surface area (Å²) in [7, 11) is 1.64. The van der Waals surface area contributed by atoms with E-state index in [1.54, 1.807) is 7.11 Å². The number of nitrogens with two attached hydrogens (primary N) is 1. The Morgan fingerprint density at radius 3 is 2.35 bits per heavy atom. The molecule has 0 saturated carbocycles. The number of methoxy groups -OCH3 is 1. The van der Waals surface area contributed by atoms with Crippen LogP contribution in [0.5, 0.6) is 11.5 Å². The third-order valence-electron chi connectivity index (χ3n) is 3.15. The van der Waals surface area contributed by atoms with E-state index in [4.69, 9.17) is 15.2 Å². The minimum atomic E-state index is -0.179. The lowest BCUT2D eigenvalue weighted by Gasteiger charge is -2.23. The van der Waals surface area contributed by atoms with Crippen molar-refractivity contribution in [1.82, 2.24) is 0 Å². The van der Waals surface area contributed by atoms with Crippen molar-refractivity contribution in [2.24, 2.45) is 5.73 Å². The highest BCUT2D eigenvalue weighted by molar-refractivity contribution is 5.34. The minimum absolute atomic E-state index is 0.108. The molecule has 0 aliphatic carbocycles. The predicted molar refractivity (Wildman–Crippen MR) is 81.2 cm³/mol. The number of aryl methyl sites for hydroxylation is 1. The molecule has 0 bridgehead atoms. The van der Waals surface area contributed by atoms with E-state index in [1.807, 2.05) is 43.3 Å². The topological polar surface area (TPSA) is 44.5 Å². The number of rotatable bonds is 5. The maximum absolute atomic E-state index is 6.08. The molecule has 2 aromatic carbocycles. The molecule has 3 nitrogen and oxygen atoms in total. The van der Waals surface area contributed by atoms with Crippen LogP contribution in [0.1, 0.15) is 24.2 Å². The summed E-state index contributed by atoms with van der Waals surface area (Å²) in [5.41, 5.74) is 8.36. The third-order valence-corrected chi connectivity index (χ3v) is 3.15. The standard InChI is InChI=1S/C17H21NO2/c1-12-6-4-7-14(10-12)17(13(2)18)20-16-9-5-8-15(11-16)19-3/h4-11,13,17H,18H2,1-3H3. The summed E-state index contributed by atoms with van der Waals surface area (Å²) in [6, 6.07) is 15.7. The fourth-order valence-corrected chi connectivity index (χ4v) is 2.15. The fraction of sp³-hybridized carbons (Fsp3) is 0.294. The zero-order chi connectivity index (χ0) is 14.5. The monoisotopic (exact) mass is 271 g/mol. The number of hydrogen-bond acceptors (Lipinski definition) is 3. The molecule has 3 heteroatoms. The maximum Gasteiger partial charge on any atom is 0.138 e. The SMILES string of the molecule is COc1cccc(OC(c2cccc(C)c2)C(C)N)c1. The van der Waals surface area contributed by atoms with E-state index < -0.39 is 0 Å². The van der Waals surface area contributed by atoms with Crippen molar-refractivity contribution in [3.05, 3.63) is 59.7 Å². The molecule has 2 aromatic rings. The van der Waals surface area contributed by atoms with Gasteiger partial charge in [0.25, 0.3) is 0 Å². The molecular formula is C17H21NO2. The van der Waals surface area contributed by atoms with E-state index in [0.717, 1.165) is 17.1 Å². The molecule has 0 fully saturated rings. The van der Waals surface area contributed by atoms with E-state index in [9.17, 15) is 0 Å². The van der Waals surface area contributed by atoms with Crippen LogP contribution in [0, 0.1) is 6.92 Å².